The summed E-state index contributed by atoms with van der Waals surface area (Å²) in [4.78, 5) is 0. The molecule has 64 valence electrons. The van der Waals surface area contributed by atoms with Gasteiger partial charge < -0.3 is 5.11 Å². The molecule has 0 aliphatic heterocycles. The molecule has 0 amide bonds. The molecule has 11 heavy (non-hydrogen) atoms. The Morgan fingerprint density at radius 1 is 1.27 bits per heavy atom. The minimum absolute atomic E-state index is 0.0177. The van der Waals surface area contributed by atoms with Gasteiger partial charge in [0.05, 0.1) is 6.10 Å². The van der Waals surface area contributed by atoms with Crippen LogP contribution in [-0.2, 0) is 0 Å². The van der Waals surface area contributed by atoms with Gasteiger partial charge in [0.15, 0.2) is 0 Å². The van der Waals surface area contributed by atoms with Crippen molar-refractivity contribution in [2.45, 2.75) is 45.6 Å². The van der Waals surface area contributed by atoms with Crippen LogP contribution >= 0.6 is 0 Å². The van der Waals surface area contributed by atoms with E-state index in [1.807, 2.05) is 0 Å². The zero-order chi connectivity index (χ0) is 8.27. The normalized spacial score (nSPS) is 33.9. The lowest BCUT2D eigenvalue weighted by Crippen LogP contribution is -2.18. The Bertz CT molecular complexity index is 141. The molecule has 1 fully saturated rings. The molecule has 1 nitrogen and oxygen atoms in total. The van der Waals surface area contributed by atoms with E-state index in [1.54, 1.807) is 0 Å². The lowest BCUT2D eigenvalue weighted by atomic mass is 9.83. The average Bonchev–Trinajstić information content (AvgIpc) is 2.05. The molecule has 1 aliphatic rings. The van der Waals surface area contributed by atoms with Gasteiger partial charge in [0.2, 0.25) is 0 Å². The fourth-order valence-electron chi connectivity index (χ4n) is 1.77. The number of aliphatic hydroxyl groups is 1. The van der Waals surface area contributed by atoms with Gasteiger partial charge in [0.1, 0.15) is 0 Å². The molecule has 1 rings (SSSR count). The van der Waals surface area contributed by atoms with Gasteiger partial charge in [0.25, 0.3) is 0 Å². The molecule has 1 saturated carbocycles. The average molecular weight is 154 g/mol. The predicted molar refractivity (Wildman–Crippen MR) is 47.4 cm³/mol. The summed E-state index contributed by atoms with van der Waals surface area (Å²) in [5.41, 5.74) is 1.50. The van der Waals surface area contributed by atoms with Gasteiger partial charge in [-0.05, 0) is 45.4 Å². The molecule has 0 bridgehead atoms. The quantitative estimate of drug-likeness (QED) is 0.575. The number of hydrogen-bond donors (Lipinski definition) is 1. The second-order valence-electron chi connectivity index (χ2n) is 3.54. The van der Waals surface area contributed by atoms with Gasteiger partial charge in [0, 0.05) is 0 Å². The van der Waals surface area contributed by atoms with E-state index in [0.29, 0.717) is 0 Å². The second kappa shape index (κ2) is 3.91. The van der Waals surface area contributed by atoms with Crippen molar-refractivity contribution in [1.82, 2.24) is 0 Å². The largest absolute Gasteiger partial charge is 0.393 e. The molecule has 0 radical (unpaired) electrons. The van der Waals surface area contributed by atoms with Gasteiger partial charge >= 0.3 is 0 Å². The summed E-state index contributed by atoms with van der Waals surface area (Å²) < 4.78 is 0. The monoisotopic (exact) mass is 154 g/mol. The van der Waals surface area contributed by atoms with Crippen LogP contribution in [0.1, 0.15) is 39.5 Å². The summed E-state index contributed by atoms with van der Waals surface area (Å²) >= 11 is 0. The van der Waals surface area contributed by atoms with E-state index in [0.717, 1.165) is 18.8 Å². The minimum Gasteiger partial charge on any atom is -0.393 e. The van der Waals surface area contributed by atoms with Crippen molar-refractivity contribution in [3.8, 4) is 0 Å². The van der Waals surface area contributed by atoms with Gasteiger partial charge in [-0.2, -0.15) is 0 Å². The first kappa shape index (κ1) is 8.79. The molecule has 0 saturated heterocycles. The van der Waals surface area contributed by atoms with Crippen molar-refractivity contribution in [2.75, 3.05) is 0 Å². The fraction of sp³-hybridized carbons (Fsp3) is 0.800. The third-order valence-electron chi connectivity index (χ3n) is 2.80. The van der Waals surface area contributed by atoms with E-state index in [1.165, 1.54) is 18.4 Å². The number of rotatable bonds is 1. The van der Waals surface area contributed by atoms with Crippen molar-refractivity contribution in [2.24, 2.45) is 5.92 Å². The van der Waals surface area contributed by atoms with Gasteiger partial charge in [-0.25, -0.2) is 0 Å². The molecule has 0 unspecified atom stereocenters. The summed E-state index contributed by atoms with van der Waals surface area (Å²) in [5.74, 6) is 0.753. The van der Waals surface area contributed by atoms with Crippen molar-refractivity contribution in [1.29, 1.82) is 0 Å². The molecule has 0 aromatic carbocycles. The highest BCUT2D eigenvalue weighted by Gasteiger charge is 2.19. The third-order valence-corrected chi connectivity index (χ3v) is 2.80. The number of hydrogen-bond acceptors (Lipinski definition) is 1. The maximum Gasteiger partial charge on any atom is 0.0540 e. The Morgan fingerprint density at radius 3 is 2.27 bits per heavy atom. The lowest BCUT2D eigenvalue weighted by molar-refractivity contribution is 0.116. The maximum atomic E-state index is 9.26. The standard InChI is InChI=1S/C10H18O/c1-3-8(2)9-4-6-10(11)7-5-9/h3,9-11H,4-7H2,1-2H3/b8-3+. The number of aliphatic hydroxyl groups excluding tert-OH is 1. The highest BCUT2D eigenvalue weighted by Crippen LogP contribution is 2.29. The topological polar surface area (TPSA) is 20.2 Å². The molecular weight excluding hydrogens is 136 g/mol. The van der Waals surface area contributed by atoms with Gasteiger partial charge in [-0.3, -0.25) is 0 Å². The Balaban J connectivity index is 2.39. The van der Waals surface area contributed by atoms with Crippen LogP contribution in [0, 0.1) is 5.92 Å². The molecule has 1 heteroatoms. The Morgan fingerprint density at radius 2 is 1.82 bits per heavy atom. The highest BCUT2D eigenvalue weighted by molar-refractivity contribution is 5.02. The molecule has 0 aromatic heterocycles. The predicted octanol–water partition coefficient (Wildman–Crippen LogP) is 2.50. The highest BCUT2D eigenvalue weighted by atomic mass is 16.3. The van der Waals surface area contributed by atoms with Crippen molar-refractivity contribution in [3.05, 3.63) is 11.6 Å². The third kappa shape index (κ3) is 2.33. The zero-order valence-corrected chi connectivity index (χ0v) is 7.51. The molecule has 0 heterocycles. The van der Waals surface area contributed by atoms with E-state index < -0.39 is 0 Å². The van der Waals surface area contributed by atoms with Crippen LogP contribution in [0.25, 0.3) is 0 Å². The first-order valence-electron chi connectivity index (χ1n) is 4.55. The summed E-state index contributed by atoms with van der Waals surface area (Å²) in [5, 5.41) is 9.26. The zero-order valence-electron chi connectivity index (χ0n) is 7.51. The number of allylic oxidation sites excluding steroid dienone is 2. The summed E-state index contributed by atoms with van der Waals surface area (Å²) in [7, 11) is 0. The van der Waals surface area contributed by atoms with Crippen LogP contribution in [0.2, 0.25) is 0 Å². The fourth-order valence-corrected chi connectivity index (χ4v) is 1.77. The van der Waals surface area contributed by atoms with E-state index in [9.17, 15) is 5.11 Å². The van der Waals surface area contributed by atoms with Gasteiger partial charge in [-0.15, -0.1) is 0 Å². The summed E-state index contributed by atoms with van der Waals surface area (Å²) in [6.07, 6.45) is 6.53. The van der Waals surface area contributed by atoms with Crippen LogP contribution in [0.4, 0.5) is 0 Å². The molecule has 1 aliphatic carbocycles. The molecular formula is C10H18O. The van der Waals surface area contributed by atoms with Crippen LogP contribution in [0.3, 0.4) is 0 Å². The van der Waals surface area contributed by atoms with Crippen molar-refractivity contribution in [3.63, 3.8) is 0 Å². The second-order valence-corrected chi connectivity index (χ2v) is 3.54. The van der Waals surface area contributed by atoms with Crippen LogP contribution in [0.15, 0.2) is 11.6 Å². The SMILES string of the molecule is C/C=C(\C)C1CCC(O)CC1. The lowest BCUT2D eigenvalue weighted by Gasteiger charge is -2.25. The molecule has 0 atom stereocenters. The maximum absolute atomic E-state index is 9.26. The summed E-state index contributed by atoms with van der Waals surface area (Å²) in [6, 6.07) is 0. The van der Waals surface area contributed by atoms with E-state index >= 15 is 0 Å². The molecule has 0 aromatic rings. The minimum atomic E-state index is -0.0177. The van der Waals surface area contributed by atoms with Crippen LogP contribution in [0.5, 0.6) is 0 Å². The van der Waals surface area contributed by atoms with E-state index in [2.05, 4.69) is 19.9 Å². The Hall–Kier alpha value is -0.300. The van der Waals surface area contributed by atoms with Crippen molar-refractivity contribution >= 4 is 0 Å². The van der Waals surface area contributed by atoms with Gasteiger partial charge in [-0.1, -0.05) is 11.6 Å². The van der Waals surface area contributed by atoms with Crippen molar-refractivity contribution < 1.29 is 5.11 Å². The van der Waals surface area contributed by atoms with Crippen LogP contribution in [-0.4, -0.2) is 11.2 Å². The van der Waals surface area contributed by atoms with Crippen LogP contribution < -0.4 is 0 Å². The Kier molecular flexibility index (Phi) is 3.13. The molecule has 1 N–H and O–H groups in total. The first-order chi connectivity index (χ1) is 5.24. The smallest absolute Gasteiger partial charge is 0.0540 e. The van der Waals surface area contributed by atoms with E-state index in [-0.39, 0.29) is 6.10 Å². The molecule has 0 spiro atoms. The Labute approximate surface area is 69.1 Å². The first-order valence-corrected chi connectivity index (χ1v) is 4.55. The summed E-state index contributed by atoms with van der Waals surface area (Å²) in [6.45, 7) is 4.29. The van der Waals surface area contributed by atoms with E-state index in [4.69, 9.17) is 0 Å².